The van der Waals surface area contributed by atoms with Crippen LogP contribution >= 0.6 is 15.9 Å². The van der Waals surface area contributed by atoms with Crippen molar-refractivity contribution in [2.75, 3.05) is 5.33 Å². The van der Waals surface area contributed by atoms with Gasteiger partial charge in [-0.25, -0.2) is 0 Å². The van der Waals surface area contributed by atoms with Gasteiger partial charge in [-0.2, -0.15) is 0 Å². The Morgan fingerprint density at radius 1 is 0.842 bits per heavy atom. The van der Waals surface area contributed by atoms with E-state index in [-0.39, 0.29) is 0 Å². The van der Waals surface area contributed by atoms with Crippen molar-refractivity contribution in [2.24, 2.45) is 5.92 Å². The van der Waals surface area contributed by atoms with E-state index in [1.54, 1.807) is 0 Å². The molecule has 0 unspecified atom stereocenters. The summed E-state index contributed by atoms with van der Waals surface area (Å²) in [7, 11) is 0. The molecule has 0 aromatic rings. The average Bonchev–Trinajstić information content (AvgIpc) is 2.41. The highest BCUT2D eigenvalue weighted by Crippen LogP contribution is 2.23. The lowest BCUT2D eigenvalue weighted by Crippen LogP contribution is -2.15. The maximum Gasteiger partial charge on any atom is 0.135 e. The molecule has 0 heterocycles. The molecule has 112 valence electrons. The number of rotatable bonds is 5. The quantitative estimate of drug-likeness (QED) is 0.443. The lowest BCUT2D eigenvalue weighted by Gasteiger charge is -2.16. The Balaban J connectivity index is 2.31. The molecule has 0 bridgehead atoms. The van der Waals surface area contributed by atoms with Crippen molar-refractivity contribution in [1.29, 1.82) is 0 Å². The zero-order valence-corrected chi connectivity index (χ0v) is 14.1. The van der Waals surface area contributed by atoms with Crippen molar-refractivity contribution >= 4 is 21.7 Å². The van der Waals surface area contributed by atoms with Crippen LogP contribution in [0.1, 0.15) is 89.9 Å². The second kappa shape index (κ2) is 11.9. The molecule has 1 fully saturated rings. The van der Waals surface area contributed by atoms with E-state index in [0.717, 1.165) is 31.0 Å². The number of carbonyl (C=O) groups excluding carboxylic acids is 1. The molecule has 1 rings (SSSR count). The number of hydrogen-bond donors (Lipinski definition) is 0. The van der Waals surface area contributed by atoms with E-state index >= 15 is 0 Å². The van der Waals surface area contributed by atoms with Crippen LogP contribution in [0, 0.1) is 5.92 Å². The molecule has 0 N–H and O–H groups in total. The van der Waals surface area contributed by atoms with Gasteiger partial charge in [0.2, 0.25) is 0 Å². The summed E-state index contributed by atoms with van der Waals surface area (Å²) in [6.45, 7) is 0. The van der Waals surface area contributed by atoms with Crippen molar-refractivity contribution in [2.45, 2.75) is 89.9 Å². The third kappa shape index (κ3) is 8.83. The van der Waals surface area contributed by atoms with Crippen molar-refractivity contribution in [3.05, 3.63) is 0 Å². The fraction of sp³-hybridized carbons (Fsp3) is 0.941. The number of alkyl halides is 1. The largest absolute Gasteiger partial charge is 0.299 e. The van der Waals surface area contributed by atoms with E-state index < -0.39 is 0 Å². The molecule has 1 nitrogen and oxygen atoms in total. The minimum absolute atomic E-state index is 0.384. The highest BCUT2D eigenvalue weighted by Gasteiger charge is 2.17. The molecule has 0 aliphatic heterocycles. The van der Waals surface area contributed by atoms with Gasteiger partial charge < -0.3 is 0 Å². The van der Waals surface area contributed by atoms with Crippen molar-refractivity contribution in [3.63, 3.8) is 0 Å². The van der Waals surface area contributed by atoms with Crippen molar-refractivity contribution in [3.8, 4) is 0 Å². The van der Waals surface area contributed by atoms with Crippen LogP contribution in [0.2, 0.25) is 0 Å². The molecule has 0 aromatic carbocycles. The zero-order chi connectivity index (χ0) is 13.8. The molecule has 2 heteroatoms. The molecular weight excluding hydrogens is 300 g/mol. The summed E-state index contributed by atoms with van der Waals surface area (Å²) < 4.78 is 0. The number of ketones is 1. The maximum absolute atomic E-state index is 12.3. The number of hydrogen-bond acceptors (Lipinski definition) is 1. The number of unbranched alkanes of at least 4 members (excludes halogenated alkanes) is 2. The van der Waals surface area contributed by atoms with Gasteiger partial charge in [0, 0.05) is 17.7 Å². The van der Waals surface area contributed by atoms with Gasteiger partial charge in [-0.05, 0) is 25.7 Å². The van der Waals surface area contributed by atoms with Crippen LogP contribution in [-0.4, -0.2) is 11.1 Å². The van der Waals surface area contributed by atoms with Gasteiger partial charge in [-0.1, -0.05) is 73.7 Å². The molecule has 0 saturated heterocycles. The summed E-state index contributed by atoms with van der Waals surface area (Å²) in [4.78, 5) is 12.3. The van der Waals surface area contributed by atoms with E-state index in [9.17, 15) is 4.79 Å². The molecule has 1 aliphatic rings. The highest BCUT2D eigenvalue weighted by molar-refractivity contribution is 9.09. The highest BCUT2D eigenvalue weighted by atomic mass is 79.9. The predicted octanol–water partition coefficient (Wildman–Crippen LogP) is 6.04. The van der Waals surface area contributed by atoms with Crippen molar-refractivity contribution in [1.82, 2.24) is 0 Å². The monoisotopic (exact) mass is 330 g/mol. The second-order valence-electron chi connectivity index (χ2n) is 6.07. The Labute approximate surface area is 128 Å². The number of carbonyl (C=O) groups is 1. The molecule has 1 saturated carbocycles. The standard InChI is InChI=1S/C17H31BrO/c18-15-11-7-9-13-16-12-8-5-3-1-2-4-6-10-14-17(16)19/h16H,1-15H2/t16-/m1/s1. The summed E-state index contributed by atoms with van der Waals surface area (Å²) in [5.74, 6) is 0.953. The van der Waals surface area contributed by atoms with E-state index in [2.05, 4.69) is 15.9 Å². The summed E-state index contributed by atoms with van der Waals surface area (Å²) in [5.41, 5.74) is 0. The third-order valence-corrected chi connectivity index (χ3v) is 4.93. The molecule has 1 atom stereocenters. The fourth-order valence-corrected chi connectivity index (χ4v) is 3.48. The van der Waals surface area contributed by atoms with E-state index in [1.165, 1.54) is 64.2 Å². The first-order valence-corrected chi connectivity index (χ1v) is 9.55. The Bertz CT molecular complexity index is 225. The van der Waals surface area contributed by atoms with E-state index in [4.69, 9.17) is 0 Å². The molecule has 0 amide bonds. The number of Topliss-reactive ketones (excluding diaryl/α,β-unsaturated/α-hetero) is 1. The van der Waals surface area contributed by atoms with Gasteiger partial charge in [-0.3, -0.25) is 4.79 Å². The van der Waals surface area contributed by atoms with Gasteiger partial charge in [0.1, 0.15) is 5.78 Å². The third-order valence-electron chi connectivity index (χ3n) is 4.37. The Hall–Kier alpha value is 0.150. The molecular formula is C17H31BrO. The molecule has 0 radical (unpaired) electrons. The first kappa shape index (κ1) is 17.2. The van der Waals surface area contributed by atoms with Crippen LogP contribution in [0.3, 0.4) is 0 Å². The van der Waals surface area contributed by atoms with Crippen LogP contribution in [-0.2, 0) is 4.79 Å². The Morgan fingerprint density at radius 2 is 1.47 bits per heavy atom. The molecule has 0 aromatic heterocycles. The van der Waals surface area contributed by atoms with Crippen LogP contribution < -0.4 is 0 Å². The summed E-state index contributed by atoms with van der Waals surface area (Å²) in [6.07, 6.45) is 17.4. The summed E-state index contributed by atoms with van der Waals surface area (Å²) in [6, 6.07) is 0. The van der Waals surface area contributed by atoms with Gasteiger partial charge in [0.05, 0.1) is 0 Å². The van der Waals surface area contributed by atoms with Gasteiger partial charge >= 0.3 is 0 Å². The first-order valence-electron chi connectivity index (χ1n) is 8.43. The average molecular weight is 331 g/mol. The summed E-state index contributed by atoms with van der Waals surface area (Å²) >= 11 is 3.48. The molecule has 1 aliphatic carbocycles. The normalized spacial score (nSPS) is 23.6. The topological polar surface area (TPSA) is 17.1 Å². The lowest BCUT2D eigenvalue weighted by molar-refractivity contribution is -0.123. The van der Waals surface area contributed by atoms with Gasteiger partial charge in [0.15, 0.2) is 0 Å². The lowest BCUT2D eigenvalue weighted by atomic mass is 9.88. The minimum Gasteiger partial charge on any atom is -0.299 e. The van der Waals surface area contributed by atoms with Gasteiger partial charge in [0.25, 0.3) is 0 Å². The van der Waals surface area contributed by atoms with E-state index in [0.29, 0.717) is 11.7 Å². The maximum atomic E-state index is 12.3. The minimum atomic E-state index is 0.384. The Morgan fingerprint density at radius 3 is 2.16 bits per heavy atom. The SMILES string of the molecule is O=C1CCCCCCCCCC[C@@H]1CCCCCBr. The summed E-state index contributed by atoms with van der Waals surface area (Å²) in [5, 5.41) is 1.10. The predicted molar refractivity (Wildman–Crippen MR) is 86.9 cm³/mol. The van der Waals surface area contributed by atoms with E-state index in [1.807, 2.05) is 0 Å². The smallest absolute Gasteiger partial charge is 0.135 e. The van der Waals surface area contributed by atoms with Gasteiger partial charge in [-0.15, -0.1) is 0 Å². The number of halogens is 1. The van der Waals surface area contributed by atoms with Crippen LogP contribution in [0.5, 0.6) is 0 Å². The Kier molecular flexibility index (Phi) is 10.8. The second-order valence-corrected chi connectivity index (χ2v) is 6.86. The molecule has 0 spiro atoms. The van der Waals surface area contributed by atoms with Crippen LogP contribution in [0.4, 0.5) is 0 Å². The molecule has 19 heavy (non-hydrogen) atoms. The zero-order valence-electron chi connectivity index (χ0n) is 12.5. The first-order chi connectivity index (χ1) is 9.34. The van der Waals surface area contributed by atoms with Crippen LogP contribution in [0.15, 0.2) is 0 Å². The van der Waals surface area contributed by atoms with Crippen molar-refractivity contribution < 1.29 is 4.79 Å². The fourth-order valence-electron chi connectivity index (χ4n) is 3.08. The van der Waals surface area contributed by atoms with Crippen LogP contribution in [0.25, 0.3) is 0 Å².